The minimum Gasteiger partial charge on any atom is -0.444 e. The first-order valence-electron chi connectivity index (χ1n) is 6.79. The molecule has 0 radical (unpaired) electrons. The van der Waals surface area contributed by atoms with Crippen LogP contribution in [0.5, 0.6) is 0 Å². The summed E-state index contributed by atoms with van der Waals surface area (Å²) in [7, 11) is 0. The minimum absolute atomic E-state index is 0.405. The molecular weight excluding hydrogens is 276 g/mol. The monoisotopic (exact) mass is 300 g/mol. The molecule has 0 aliphatic rings. The largest absolute Gasteiger partial charge is 0.444 e. The number of anilines is 1. The predicted molar refractivity (Wildman–Crippen MR) is 81.2 cm³/mol. The first-order chi connectivity index (χ1) is 9.26. The molecule has 0 saturated carbocycles. The molecule has 0 bridgehead atoms. The van der Waals surface area contributed by atoms with Crippen LogP contribution < -0.4 is 10.6 Å². The second kappa shape index (κ2) is 7.42. The molecule has 0 aliphatic heterocycles. The van der Waals surface area contributed by atoms with Gasteiger partial charge in [0.2, 0.25) is 5.13 Å². The van der Waals surface area contributed by atoms with E-state index in [-0.39, 0.29) is 0 Å². The van der Waals surface area contributed by atoms with E-state index in [1.807, 2.05) is 20.8 Å². The normalized spacial score (nSPS) is 11.5. The highest BCUT2D eigenvalue weighted by molar-refractivity contribution is 7.15. The fourth-order valence-corrected chi connectivity index (χ4v) is 2.38. The number of carbonyl (C=O) groups is 1. The molecule has 0 fully saturated rings. The SMILES string of the molecule is CC(C)Cc1nnc(NCCNC(=O)OC(C)(C)C)s1. The summed E-state index contributed by atoms with van der Waals surface area (Å²) in [6, 6.07) is 0. The van der Waals surface area contributed by atoms with Crippen LogP contribution in [0.4, 0.5) is 9.93 Å². The van der Waals surface area contributed by atoms with Gasteiger partial charge in [-0.25, -0.2) is 4.79 Å². The second-order valence-corrected chi connectivity index (χ2v) is 7.02. The van der Waals surface area contributed by atoms with Gasteiger partial charge in [0.15, 0.2) is 0 Å². The van der Waals surface area contributed by atoms with Gasteiger partial charge in [0.05, 0.1) is 0 Å². The summed E-state index contributed by atoms with van der Waals surface area (Å²) in [6.07, 6.45) is 0.534. The molecule has 0 aromatic carbocycles. The van der Waals surface area contributed by atoms with Crippen LogP contribution in [0.3, 0.4) is 0 Å². The van der Waals surface area contributed by atoms with E-state index in [9.17, 15) is 4.79 Å². The van der Waals surface area contributed by atoms with Crippen LogP contribution in [0.1, 0.15) is 39.6 Å². The zero-order valence-electron chi connectivity index (χ0n) is 12.8. The van der Waals surface area contributed by atoms with Crippen molar-refractivity contribution in [3.8, 4) is 0 Å². The Kier molecular flexibility index (Phi) is 6.19. The number of hydrogen-bond donors (Lipinski definition) is 2. The Morgan fingerprint density at radius 2 is 2.00 bits per heavy atom. The van der Waals surface area contributed by atoms with Gasteiger partial charge in [-0.2, -0.15) is 0 Å². The quantitative estimate of drug-likeness (QED) is 0.790. The predicted octanol–water partition coefficient (Wildman–Crippen LogP) is 2.67. The Morgan fingerprint density at radius 1 is 1.30 bits per heavy atom. The van der Waals surface area contributed by atoms with Gasteiger partial charge in [0.1, 0.15) is 10.6 Å². The number of ether oxygens (including phenoxy) is 1. The number of nitrogens with one attached hydrogen (secondary N) is 2. The van der Waals surface area contributed by atoms with Crippen molar-refractivity contribution in [2.24, 2.45) is 5.92 Å². The van der Waals surface area contributed by atoms with Crippen LogP contribution in [0.25, 0.3) is 0 Å². The maximum Gasteiger partial charge on any atom is 0.407 e. The van der Waals surface area contributed by atoms with E-state index in [1.54, 1.807) is 11.3 Å². The Morgan fingerprint density at radius 3 is 2.60 bits per heavy atom. The Balaban J connectivity index is 2.21. The van der Waals surface area contributed by atoms with Gasteiger partial charge >= 0.3 is 6.09 Å². The molecule has 1 rings (SSSR count). The number of alkyl carbamates (subject to hydrolysis) is 1. The molecule has 1 aromatic heterocycles. The lowest BCUT2D eigenvalue weighted by molar-refractivity contribution is 0.0530. The van der Waals surface area contributed by atoms with Crippen LogP contribution in [0.2, 0.25) is 0 Å². The Labute approximate surface area is 124 Å². The van der Waals surface area contributed by atoms with Crippen LogP contribution in [-0.2, 0) is 11.2 Å². The van der Waals surface area contributed by atoms with Gasteiger partial charge in [-0.15, -0.1) is 10.2 Å². The van der Waals surface area contributed by atoms with Gasteiger partial charge in [0.25, 0.3) is 0 Å². The molecule has 1 aromatic rings. The van der Waals surface area contributed by atoms with E-state index in [4.69, 9.17) is 4.74 Å². The average Bonchev–Trinajstić information content (AvgIpc) is 2.68. The number of carbonyl (C=O) groups excluding carboxylic acids is 1. The lowest BCUT2D eigenvalue weighted by atomic mass is 10.1. The average molecular weight is 300 g/mol. The van der Waals surface area contributed by atoms with E-state index in [2.05, 4.69) is 34.7 Å². The Bertz CT molecular complexity index is 426. The third-order valence-corrected chi connectivity index (χ3v) is 3.02. The molecule has 0 unspecified atom stereocenters. The maximum absolute atomic E-state index is 11.4. The third-order valence-electron chi connectivity index (χ3n) is 2.12. The molecule has 7 heteroatoms. The highest BCUT2D eigenvalue weighted by Gasteiger charge is 2.15. The molecular formula is C13H24N4O2S. The highest BCUT2D eigenvalue weighted by Crippen LogP contribution is 2.17. The number of amides is 1. The first kappa shape index (κ1) is 16.7. The van der Waals surface area contributed by atoms with Gasteiger partial charge in [-0.3, -0.25) is 0 Å². The maximum atomic E-state index is 11.4. The summed E-state index contributed by atoms with van der Waals surface area (Å²) < 4.78 is 5.13. The molecule has 2 N–H and O–H groups in total. The van der Waals surface area contributed by atoms with Gasteiger partial charge in [-0.05, 0) is 26.7 Å². The number of nitrogens with zero attached hydrogens (tertiary/aromatic N) is 2. The molecule has 1 heterocycles. The smallest absolute Gasteiger partial charge is 0.407 e. The van der Waals surface area contributed by atoms with Crippen molar-refractivity contribution >= 4 is 22.6 Å². The second-order valence-electron chi connectivity index (χ2n) is 5.95. The van der Waals surface area contributed by atoms with Crippen LogP contribution in [-0.4, -0.2) is 35.0 Å². The summed E-state index contributed by atoms with van der Waals surface area (Å²) in [6.45, 7) is 10.9. The number of aromatic nitrogens is 2. The van der Waals surface area contributed by atoms with Gasteiger partial charge in [-0.1, -0.05) is 25.2 Å². The van der Waals surface area contributed by atoms with Crippen molar-refractivity contribution in [1.29, 1.82) is 0 Å². The van der Waals surface area contributed by atoms with E-state index in [0.717, 1.165) is 16.6 Å². The van der Waals surface area contributed by atoms with E-state index >= 15 is 0 Å². The molecule has 6 nitrogen and oxygen atoms in total. The van der Waals surface area contributed by atoms with Crippen molar-refractivity contribution in [1.82, 2.24) is 15.5 Å². The summed E-state index contributed by atoms with van der Waals surface area (Å²) >= 11 is 1.55. The van der Waals surface area contributed by atoms with Gasteiger partial charge in [0, 0.05) is 19.5 Å². The number of hydrogen-bond acceptors (Lipinski definition) is 6. The summed E-state index contributed by atoms with van der Waals surface area (Å²) in [4.78, 5) is 11.4. The lowest BCUT2D eigenvalue weighted by Gasteiger charge is -2.19. The van der Waals surface area contributed by atoms with Crippen molar-refractivity contribution in [2.75, 3.05) is 18.4 Å². The number of rotatable bonds is 6. The van der Waals surface area contributed by atoms with E-state index in [1.165, 1.54) is 0 Å². The highest BCUT2D eigenvalue weighted by atomic mass is 32.1. The molecule has 114 valence electrons. The molecule has 1 amide bonds. The molecule has 0 spiro atoms. The lowest BCUT2D eigenvalue weighted by Crippen LogP contribution is -2.34. The van der Waals surface area contributed by atoms with E-state index < -0.39 is 11.7 Å². The van der Waals surface area contributed by atoms with E-state index in [0.29, 0.717) is 19.0 Å². The molecule has 0 saturated heterocycles. The third kappa shape index (κ3) is 7.28. The van der Waals surface area contributed by atoms with Crippen molar-refractivity contribution in [2.45, 2.75) is 46.6 Å². The summed E-state index contributed by atoms with van der Waals surface area (Å²) in [5.41, 5.74) is -0.470. The fourth-order valence-electron chi connectivity index (χ4n) is 1.40. The van der Waals surface area contributed by atoms with Crippen LogP contribution in [0, 0.1) is 5.92 Å². The van der Waals surface area contributed by atoms with Gasteiger partial charge < -0.3 is 15.4 Å². The Hall–Kier alpha value is -1.37. The van der Waals surface area contributed by atoms with Crippen molar-refractivity contribution in [3.05, 3.63) is 5.01 Å². The molecule has 0 atom stereocenters. The van der Waals surface area contributed by atoms with Crippen LogP contribution >= 0.6 is 11.3 Å². The molecule has 20 heavy (non-hydrogen) atoms. The zero-order chi connectivity index (χ0) is 15.2. The van der Waals surface area contributed by atoms with Crippen molar-refractivity contribution < 1.29 is 9.53 Å². The topological polar surface area (TPSA) is 76.1 Å². The zero-order valence-corrected chi connectivity index (χ0v) is 13.6. The standard InChI is InChI=1S/C13H24N4O2S/c1-9(2)8-10-16-17-11(20-10)14-6-7-15-12(18)19-13(3,4)5/h9H,6-8H2,1-5H3,(H,14,17)(H,15,18). The summed E-state index contributed by atoms with van der Waals surface area (Å²) in [5, 5.41) is 15.8. The fraction of sp³-hybridized carbons (Fsp3) is 0.769. The first-order valence-corrected chi connectivity index (χ1v) is 7.61. The summed E-state index contributed by atoms with van der Waals surface area (Å²) in [5.74, 6) is 0.574. The van der Waals surface area contributed by atoms with Crippen LogP contribution in [0.15, 0.2) is 0 Å². The minimum atomic E-state index is -0.470. The molecule has 0 aliphatic carbocycles. The van der Waals surface area contributed by atoms with Crippen molar-refractivity contribution in [3.63, 3.8) is 0 Å².